The molecule has 0 radical (unpaired) electrons. The minimum absolute atomic E-state index is 0.835. The van der Waals surface area contributed by atoms with Gasteiger partial charge in [-0.15, -0.1) is 0 Å². The van der Waals surface area contributed by atoms with Crippen LogP contribution in [0.2, 0.25) is 0 Å². The van der Waals surface area contributed by atoms with Crippen molar-refractivity contribution in [3.63, 3.8) is 0 Å². The summed E-state index contributed by atoms with van der Waals surface area (Å²) in [5.74, 6) is 1.99. The van der Waals surface area contributed by atoms with E-state index in [0.717, 1.165) is 31.2 Å². The van der Waals surface area contributed by atoms with E-state index in [-0.39, 0.29) is 0 Å². The Balaban J connectivity index is 2.00. The van der Waals surface area contributed by atoms with Crippen LogP contribution in [0.25, 0.3) is 0 Å². The number of hydrogen-bond donors (Lipinski definition) is 1. The number of rotatable bonds is 6. The minimum Gasteiger partial charge on any atom is -0.465 e. The van der Waals surface area contributed by atoms with Crippen molar-refractivity contribution in [1.29, 1.82) is 0 Å². The van der Waals surface area contributed by atoms with E-state index >= 15 is 0 Å². The average molecular weight is 258 g/mol. The highest BCUT2D eigenvalue weighted by Crippen LogP contribution is 2.14. The predicted octanol–water partition coefficient (Wildman–Crippen LogP) is 2.94. The van der Waals surface area contributed by atoms with Crippen molar-refractivity contribution in [3.8, 4) is 0 Å². The zero-order valence-corrected chi connectivity index (χ0v) is 11.9. The number of furan rings is 1. The van der Waals surface area contributed by atoms with Crippen molar-refractivity contribution >= 4 is 0 Å². The first-order valence-corrected chi connectivity index (χ1v) is 6.64. The topological polar surface area (TPSA) is 28.4 Å². The SMILES string of the molecule is CNCc1ccccc1CN(C)Cc1ccc(C)o1. The van der Waals surface area contributed by atoms with Crippen LogP contribution in [-0.2, 0) is 19.6 Å². The summed E-state index contributed by atoms with van der Waals surface area (Å²) in [7, 11) is 4.10. The monoisotopic (exact) mass is 258 g/mol. The molecule has 3 heteroatoms. The second-order valence-corrected chi connectivity index (χ2v) is 4.98. The minimum atomic E-state index is 0.835. The standard InChI is InChI=1S/C16H22N2O/c1-13-8-9-16(19-13)12-18(3)11-15-7-5-4-6-14(15)10-17-2/h4-9,17H,10-12H2,1-3H3. The second kappa shape index (κ2) is 6.55. The average Bonchev–Trinajstić information content (AvgIpc) is 2.77. The lowest BCUT2D eigenvalue weighted by Crippen LogP contribution is -2.19. The third kappa shape index (κ3) is 3.94. The number of nitrogens with zero attached hydrogens (tertiary/aromatic N) is 1. The van der Waals surface area contributed by atoms with Gasteiger partial charge < -0.3 is 9.73 Å². The van der Waals surface area contributed by atoms with E-state index in [4.69, 9.17) is 4.42 Å². The summed E-state index contributed by atoms with van der Waals surface area (Å²) in [6.07, 6.45) is 0. The molecule has 0 spiro atoms. The van der Waals surface area contributed by atoms with E-state index < -0.39 is 0 Å². The van der Waals surface area contributed by atoms with Gasteiger partial charge in [0.25, 0.3) is 0 Å². The number of aryl methyl sites for hydroxylation is 1. The van der Waals surface area contributed by atoms with Gasteiger partial charge >= 0.3 is 0 Å². The fourth-order valence-electron chi connectivity index (χ4n) is 2.26. The lowest BCUT2D eigenvalue weighted by molar-refractivity contribution is 0.284. The van der Waals surface area contributed by atoms with Crippen LogP contribution >= 0.6 is 0 Å². The molecular weight excluding hydrogens is 236 g/mol. The van der Waals surface area contributed by atoms with Crippen molar-refractivity contribution < 1.29 is 4.42 Å². The molecule has 1 N–H and O–H groups in total. The Bertz CT molecular complexity index is 519. The molecule has 2 aromatic rings. The zero-order valence-electron chi connectivity index (χ0n) is 11.9. The molecule has 1 aromatic carbocycles. The normalized spacial score (nSPS) is 11.2. The van der Waals surface area contributed by atoms with Crippen molar-refractivity contribution in [2.75, 3.05) is 14.1 Å². The Hall–Kier alpha value is -1.58. The van der Waals surface area contributed by atoms with Gasteiger partial charge in [-0.1, -0.05) is 24.3 Å². The largest absolute Gasteiger partial charge is 0.465 e. The summed E-state index contributed by atoms with van der Waals surface area (Å²) in [6, 6.07) is 12.6. The van der Waals surface area contributed by atoms with Gasteiger partial charge in [-0.05, 0) is 44.3 Å². The van der Waals surface area contributed by atoms with Crippen LogP contribution in [0.4, 0.5) is 0 Å². The molecule has 19 heavy (non-hydrogen) atoms. The van der Waals surface area contributed by atoms with Gasteiger partial charge in [0.1, 0.15) is 11.5 Å². The van der Waals surface area contributed by atoms with Crippen molar-refractivity contribution in [2.24, 2.45) is 0 Å². The van der Waals surface area contributed by atoms with E-state index in [1.54, 1.807) is 0 Å². The maximum absolute atomic E-state index is 5.62. The predicted molar refractivity (Wildman–Crippen MR) is 77.8 cm³/mol. The number of nitrogens with one attached hydrogen (secondary N) is 1. The molecule has 0 unspecified atom stereocenters. The Kier molecular flexibility index (Phi) is 4.77. The summed E-state index contributed by atoms with van der Waals surface area (Å²) in [6.45, 7) is 4.65. The first-order chi connectivity index (χ1) is 9.19. The zero-order chi connectivity index (χ0) is 13.7. The van der Waals surface area contributed by atoms with Crippen molar-refractivity contribution in [2.45, 2.75) is 26.6 Å². The molecule has 0 atom stereocenters. The lowest BCUT2D eigenvalue weighted by Gasteiger charge is -2.17. The van der Waals surface area contributed by atoms with Gasteiger partial charge in [0.05, 0.1) is 6.54 Å². The molecule has 1 aromatic heterocycles. The summed E-state index contributed by atoms with van der Waals surface area (Å²) < 4.78 is 5.62. The van der Waals surface area contributed by atoms with E-state index in [1.807, 2.05) is 26.1 Å². The van der Waals surface area contributed by atoms with Gasteiger partial charge in [0, 0.05) is 13.1 Å². The third-order valence-electron chi connectivity index (χ3n) is 3.15. The molecule has 0 amide bonds. The molecule has 1 heterocycles. The van der Waals surface area contributed by atoms with Crippen LogP contribution in [-0.4, -0.2) is 19.0 Å². The maximum Gasteiger partial charge on any atom is 0.118 e. The van der Waals surface area contributed by atoms with Crippen LogP contribution in [0.3, 0.4) is 0 Å². The van der Waals surface area contributed by atoms with Gasteiger partial charge in [-0.3, -0.25) is 4.90 Å². The van der Waals surface area contributed by atoms with Crippen molar-refractivity contribution in [1.82, 2.24) is 10.2 Å². The Labute approximate surface area is 115 Å². The van der Waals surface area contributed by atoms with E-state index in [9.17, 15) is 0 Å². The summed E-state index contributed by atoms with van der Waals surface area (Å²) in [5, 5.41) is 3.21. The molecule has 0 aliphatic carbocycles. The molecule has 0 fully saturated rings. The van der Waals surface area contributed by atoms with Gasteiger partial charge in [0.15, 0.2) is 0 Å². The highest BCUT2D eigenvalue weighted by Gasteiger charge is 2.07. The Morgan fingerprint density at radius 2 is 1.79 bits per heavy atom. The first kappa shape index (κ1) is 13.8. The van der Waals surface area contributed by atoms with Crippen LogP contribution in [0.15, 0.2) is 40.8 Å². The first-order valence-electron chi connectivity index (χ1n) is 6.64. The van der Waals surface area contributed by atoms with E-state index in [2.05, 4.69) is 41.5 Å². The van der Waals surface area contributed by atoms with Gasteiger partial charge in [0.2, 0.25) is 0 Å². The molecule has 0 bridgehead atoms. The fraction of sp³-hybridized carbons (Fsp3) is 0.375. The molecule has 102 valence electrons. The van der Waals surface area contributed by atoms with Crippen LogP contribution in [0, 0.1) is 6.92 Å². The molecule has 3 nitrogen and oxygen atoms in total. The lowest BCUT2D eigenvalue weighted by atomic mass is 10.1. The highest BCUT2D eigenvalue weighted by atomic mass is 16.3. The quantitative estimate of drug-likeness (QED) is 0.863. The Morgan fingerprint density at radius 1 is 1.05 bits per heavy atom. The fourth-order valence-corrected chi connectivity index (χ4v) is 2.26. The summed E-state index contributed by atoms with van der Waals surface area (Å²) in [4.78, 5) is 2.27. The Morgan fingerprint density at radius 3 is 2.42 bits per heavy atom. The van der Waals surface area contributed by atoms with Gasteiger partial charge in [-0.25, -0.2) is 0 Å². The van der Waals surface area contributed by atoms with E-state index in [1.165, 1.54) is 11.1 Å². The summed E-state index contributed by atoms with van der Waals surface area (Å²) in [5.41, 5.74) is 2.72. The van der Waals surface area contributed by atoms with Crippen LogP contribution in [0.1, 0.15) is 22.6 Å². The summed E-state index contributed by atoms with van der Waals surface area (Å²) >= 11 is 0. The van der Waals surface area contributed by atoms with Gasteiger partial charge in [-0.2, -0.15) is 0 Å². The molecule has 0 aliphatic heterocycles. The maximum atomic E-state index is 5.62. The smallest absolute Gasteiger partial charge is 0.118 e. The van der Waals surface area contributed by atoms with Crippen LogP contribution in [0.5, 0.6) is 0 Å². The molecule has 2 rings (SSSR count). The third-order valence-corrected chi connectivity index (χ3v) is 3.15. The molecule has 0 aliphatic rings. The molecule has 0 saturated carbocycles. The highest BCUT2D eigenvalue weighted by molar-refractivity contribution is 5.27. The molecular formula is C16H22N2O. The number of hydrogen-bond acceptors (Lipinski definition) is 3. The number of benzene rings is 1. The molecule has 0 saturated heterocycles. The van der Waals surface area contributed by atoms with Crippen LogP contribution < -0.4 is 5.32 Å². The second-order valence-electron chi connectivity index (χ2n) is 4.98. The van der Waals surface area contributed by atoms with Crippen molar-refractivity contribution in [3.05, 3.63) is 59.0 Å². The van der Waals surface area contributed by atoms with E-state index in [0.29, 0.717) is 0 Å².